The van der Waals surface area contributed by atoms with Crippen LogP contribution < -0.4 is 37.3 Å². The molecule has 0 radical (unpaired) electrons. The summed E-state index contributed by atoms with van der Waals surface area (Å²) in [6.45, 7) is 7.30. The van der Waals surface area contributed by atoms with Crippen LogP contribution in [-0.4, -0.2) is 10.5 Å². The van der Waals surface area contributed by atoms with Gasteiger partial charge in [-0.2, -0.15) is 0 Å². The Kier molecular flexibility index (Phi) is 8.47. The van der Waals surface area contributed by atoms with Crippen molar-refractivity contribution < 1.29 is 57.8 Å². The first-order valence-corrected chi connectivity index (χ1v) is 13.6. The number of benzene rings is 2. The fourth-order valence-corrected chi connectivity index (χ4v) is 10.9. The van der Waals surface area contributed by atoms with Crippen LogP contribution in [0.1, 0.15) is 20.8 Å². The molecule has 0 N–H and O–H groups in total. The van der Waals surface area contributed by atoms with Gasteiger partial charge in [-0.15, -0.1) is 20.5 Å². The van der Waals surface area contributed by atoms with Crippen LogP contribution in [0.2, 0.25) is 0 Å². The lowest BCUT2D eigenvalue weighted by Crippen LogP contribution is -2.68. The fourth-order valence-electron chi connectivity index (χ4n) is 3.70. The third-order valence-corrected chi connectivity index (χ3v) is 10.7. The Balaban J connectivity index is 0.000000271. The molecule has 0 aromatic heterocycles. The summed E-state index contributed by atoms with van der Waals surface area (Å²) in [7, 11) is -9.34. The number of hydrogen-bond acceptors (Lipinski definition) is 8. The van der Waals surface area contributed by atoms with E-state index in [0.717, 1.165) is 16.4 Å². The highest BCUT2D eigenvalue weighted by Crippen LogP contribution is 2.53. The molecule has 0 aliphatic carbocycles. The van der Waals surface area contributed by atoms with Crippen molar-refractivity contribution in [2.24, 2.45) is 5.92 Å². The molecule has 0 amide bonds. The van der Waals surface area contributed by atoms with Crippen LogP contribution in [0.3, 0.4) is 0 Å². The average molecular weight is 499 g/mol. The fraction of sp³-hybridized carbons (Fsp3) is 0.333. The highest BCUT2D eigenvalue weighted by molar-refractivity contribution is 8.06. The second-order valence-corrected chi connectivity index (χ2v) is 12.6. The van der Waals surface area contributed by atoms with Crippen molar-refractivity contribution in [2.45, 2.75) is 50.9 Å². The summed E-state index contributed by atoms with van der Waals surface area (Å²) in [4.78, 5) is 6.51. The van der Waals surface area contributed by atoms with E-state index < -0.39 is 20.5 Å². The third kappa shape index (κ3) is 6.70. The minimum absolute atomic E-state index is 0.273. The van der Waals surface area contributed by atoms with Crippen LogP contribution in [0.15, 0.2) is 68.1 Å². The largest absolute Gasteiger partial charge is 0.222 e. The summed E-state index contributed by atoms with van der Waals surface area (Å²) in [5.41, 5.74) is 0. The molecule has 0 fully saturated rings. The van der Waals surface area contributed by atoms with Gasteiger partial charge in [-0.05, 0) is 31.2 Å². The number of fused-ring (bicyclic) bond motifs is 1. The molecule has 30 heavy (non-hydrogen) atoms. The second-order valence-electron chi connectivity index (χ2n) is 6.74. The molecule has 0 saturated carbocycles. The van der Waals surface area contributed by atoms with Crippen LogP contribution in [0.4, 0.5) is 0 Å². The van der Waals surface area contributed by atoms with E-state index in [-0.39, 0.29) is 21.8 Å². The smallest absolute Gasteiger partial charge is 0.216 e. The number of rotatable bonds is 1. The summed E-state index contributed by atoms with van der Waals surface area (Å²) in [6, 6.07) is 18.4. The Morgan fingerprint density at radius 2 is 0.900 bits per heavy atom. The first-order valence-electron chi connectivity index (χ1n) is 8.58. The molecule has 0 spiro atoms. The zero-order valence-electron chi connectivity index (χ0n) is 16.2. The average Bonchev–Trinajstić information content (AvgIpc) is 2.58. The lowest BCUT2D eigenvalue weighted by molar-refractivity contribution is -2.00. The zero-order chi connectivity index (χ0) is 22.9. The predicted molar refractivity (Wildman–Crippen MR) is 88.8 cm³/mol. The maximum absolute atomic E-state index is 8.49. The molecule has 2 atom stereocenters. The van der Waals surface area contributed by atoms with E-state index in [1.54, 1.807) is 19.6 Å². The topological polar surface area (TPSA) is 184 Å². The normalized spacial score (nSPS) is 24.1. The molecule has 12 heteroatoms. The van der Waals surface area contributed by atoms with Gasteiger partial charge in [-0.25, -0.2) is 37.3 Å². The van der Waals surface area contributed by atoms with Crippen molar-refractivity contribution in [1.29, 1.82) is 0 Å². The number of hydrogen-bond donors (Lipinski definition) is 0. The van der Waals surface area contributed by atoms with Crippen LogP contribution >= 0.6 is 0 Å². The molecule has 2 bridgehead atoms. The van der Waals surface area contributed by atoms with Crippen LogP contribution in [0, 0.1) is 26.4 Å². The van der Waals surface area contributed by atoms with Crippen LogP contribution in [0.5, 0.6) is 0 Å². The van der Waals surface area contributed by atoms with Gasteiger partial charge in [0.2, 0.25) is 19.6 Å². The maximum atomic E-state index is 8.49. The summed E-state index contributed by atoms with van der Waals surface area (Å²) in [5, 5.41) is 1.59. The van der Waals surface area contributed by atoms with E-state index in [2.05, 4.69) is 69.3 Å². The van der Waals surface area contributed by atoms with Crippen molar-refractivity contribution in [3.8, 4) is 0 Å². The molecule has 2 aromatic rings. The van der Waals surface area contributed by atoms with Gasteiger partial charge in [0, 0.05) is 5.92 Å². The van der Waals surface area contributed by atoms with E-state index in [0.29, 0.717) is 0 Å². The highest BCUT2D eigenvalue weighted by Gasteiger charge is 2.64. The summed E-state index contributed by atoms with van der Waals surface area (Å²) in [5.74, 6) is 0.755. The zero-order valence-corrected chi connectivity index (χ0v) is 19.3. The molecule has 5 rings (SSSR count). The van der Waals surface area contributed by atoms with Gasteiger partial charge in [-0.3, -0.25) is 0 Å². The molecule has 3 aliphatic heterocycles. The van der Waals surface area contributed by atoms with Gasteiger partial charge in [-0.1, -0.05) is 38.1 Å². The lowest BCUT2D eigenvalue weighted by Gasteiger charge is -2.36. The molecule has 3 heterocycles. The summed E-state index contributed by atoms with van der Waals surface area (Å²) >= 11 is 0. The summed E-state index contributed by atoms with van der Waals surface area (Å²) < 4.78 is 67.9. The third-order valence-electron chi connectivity index (χ3n) is 4.41. The molecule has 166 valence electrons. The van der Waals surface area contributed by atoms with Gasteiger partial charge in [0.05, 0.1) is 21.8 Å². The minimum Gasteiger partial charge on any atom is -0.222 e. The molecule has 0 saturated heterocycles. The van der Waals surface area contributed by atoms with Crippen molar-refractivity contribution in [3.05, 3.63) is 48.5 Å². The Bertz CT molecular complexity index is 785. The van der Waals surface area contributed by atoms with Gasteiger partial charge in [0.15, 0.2) is 10.5 Å². The number of halogens is 2. The van der Waals surface area contributed by atoms with E-state index in [1.807, 2.05) is 0 Å². The molecule has 0 unspecified atom stereocenters. The quantitative estimate of drug-likeness (QED) is 0.349. The van der Waals surface area contributed by atoms with Crippen molar-refractivity contribution in [3.63, 3.8) is 0 Å². The minimum atomic E-state index is -4.94. The molecule has 2 aromatic carbocycles. The van der Waals surface area contributed by atoms with Crippen LogP contribution in [-0.2, 0) is 21.8 Å². The Labute approximate surface area is 184 Å². The standard InChI is InChI=1S/C18H20S2.2ClHO4/c1-12(2)18-13(3)19-14-8-4-6-10-16(14)20(18)17-11-7-5-9-15(17)19;2*2-1(3,4)5/h4-13,18H,1-3H3;2*(H,2,3,4,5)/q+2;;/p-2/t13-,18-,19?,20?;;/m1../s1. The predicted octanol–water partition coefficient (Wildman–Crippen LogP) is -5.01. The highest BCUT2D eigenvalue weighted by atomic mass is 35.7. The summed E-state index contributed by atoms with van der Waals surface area (Å²) in [6.07, 6.45) is 0. The second kappa shape index (κ2) is 9.90. The lowest BCUT2D eigenvalue weighted by atomic mass is 10.1. The Morgan fingerprint density at radius 1 is 0.633 bits per heavy atom. The molecular formula is C18H20Cl2O8S2. The Morgan fingerprint density at radius 3 is 1.17 bits per heavy atom. The van der Waals surface area contributed by atoms with Gasteiger partial charge >= 0.3 is 0 Å². The van der Waals surface area contributed by atoms with E-state index >= 15 is 0 Å². The molecular weight excluding hydrogens is 479 g/mol. The van der Waals surface area contributed by atoms with Gasteiger partial charge < -0.3 is 0 Å². The molecule has 8 nitrogen and oxygen atoms in total. The Hall–Kier alpha value is -0.600. The van der Waals surface area contributed by atoms with E-state index in [4.69, 9.17) is 37.3 Å². The SMILES string of the molecule is CC(C)[C@@H]1[C@@H](C)[S+]2c3ccccc3[S+]1c1ccccc12.[O-][Cl+3]([O-])([O-])[O-].[O-][Cl+3]([O-])([O-])[O-]. The van der Waals surface area contributed by atoms with Crippen LogP contribution in [0.25, 0.3) is 0 Å². The van der Waals surface area contributed by atoms with E-state index in [9.17, 15) is 0 Å². The maximum Gasteiger partial charge on any atom is 0.216 e. The first-order chi connectivity index (χ1) is 13.7. The van der Waals surface area contributed by atoms with Crippen molar-refractivity contribution in [2.75, 3.05) is 0 Å². The first kappa shape index (κ1) is 25.7. The van der Waals surface area contributed by atoms with E-state index in [1.165, 1.54) is 0 Å². The molecule has 3 aliphatic rings. The van der Waals surface area contributed by atoms with Crippen molar-refractivity contribution >= 4 is 21.8 Å². The van der Waals surface area contributed by atoms with Crippen molar-refractivity contribution in [1.82, 2.24) is 0 Å². The van der Waals surface area contributed by atoms with Gasteiger partial charge in [0.25, 0.3) is 0 Å². The monoisotopic (exact) mass is 498 g/mol. The van der Waals surface area contributed by atoms with Gasteiger partial charge in [0.1, 0.15) is 0 Å².